The Balaban J connectivity index is 1.46. The van der Waals surface area contributed by atoms with Gasteiger partial charge in [-0.1, -0.05) is 30.3 Å². The third-order valence-electron chi connectivity index (χ3n) is 4.49. The van der Waals surface area contributed by atoms with Crippen LogP contribution in [0.5, 0.6) is 11.5 Å². The molecule has 4 rings (SSSR count). The van der Waals surface area contributed by atoms with Crippen LogP contribution in [0.2, 0.25) is 0 Å². The predicted molar refractivity (Wildman–Crippen MR) is 122 cm³/mol. The van der Waals surface area contributed by atoms with E-state index in [9.17, 15) is 4.79 Å². The van der Waals surface area contributed by atoms with Gasteiger partial charge >= 0.3 is 0 Å². The largest absolute Gasteiger partial charge is 0.455 e. The molecule has 1 heterocycles. The fourth-order valence-corrected chi connectivity index (χ4v) is 3.08. The molecule has 0 aliphatic rings. The number of rotatable bonds is 6. The summed E-state index contributed by atoms with van der Waals surface area (Å²) in [5, 5.41) is 6.09. The summed E-state index contributed by atoms with van der Waals surface area (Å²) in [6, 6.07) is 25.9. The van der Waals surface area contributed by atoms with Crippen LogP contribution in [0.4, 0.5) is 17.3 Å². The van der Waals surface area contributed by atoms with Crippen molar-refractivity contribution in [2.24, 2.45) is 0 Å². The van der Waals surface area contributed by atoms with Crippen LogP contribution < -0.4 is 15.4 Å². The van der Waals surface area contributed by atoms with Gasteiger partial charge in [0.05, 0.1) is 5.69 Å². The lowest BCUT2D eigenvalue weighted by Gasteiger charge is -2.12. The first kappa shape index (κ1) is 20.1. The third-order valence-corrected chi connectivity index (χ3v) is 4.49. The van der Waals surface area contributed by atoms with Gasteiger partial charge in [0.15, 0.2) is 5.75 Å². The lowest BCUT2D eigenvalue weighted by molar-refractivity contribution is 0.102. The summed E-state index contributed by atoms with van der Waals surface area (Å²) >= 11 is 0. The summed E-state index contributed by atoms with van der Waals surface area (Å²) < 4.78 is 5.91. The summed E-state index contributed by atoms with van der Waals surface area (Å²) in [5.74, 6) is 1.58. The van der Waals surface area contributed by atoms with Crippen LogP contribution in [0.25, 0.3) is 0 Å². The van der Waals surface area contributed by atoms with Crippen LogP contribution >= 0.6 is 0 Å². The Kier molecular flexibility index (Phi) is 5.89. The molecule has 0 atom stereocenters. The average Bonchev–Trinajstić information content (AvgIpc) is 2.75. The van der Waals surface area contributed by atoms with Gasteiger partial charge in [-0.2, -0.15) is 0 Å². The molecule has 0 aliphatic carbocycles. The number of nitrogens with zero attached hydrogens (tertiary/aromatic N) is 2. The van der Waals surface area contributed by atoms with Crippen LogP contribution in [0, 0.1) is 13.8 Å². The minimum Gasteiger partial charge on any atom is -0.455 e. The van der Waals surface area contributed by atoms with Gasteiger partial charge in [0.1, 0.15) is 5.75 Å². The van der Waals surface area contributed by atoms with Gasteiger partial charge in [0, 0.05) is 22.6 Å². The van der Waals surface area contributed by atoms with Gasteiger partial charge in [-0.25, -0.2) is 9.97 Å². The maximum atomic E-state index is 12.8. The van der Waals surface area contributed by atoms with E-state index in [4.69, 9.17) is 4.74 Å². The highest BCUT2D eigenvalue weighted by atomic mass is 16.5. The normalized spacial score (nSPS) is 10.4. The van der Waals surface area contributed by atoms with E-state index in [2.05, 4.69) is 20.6 Å². The Morgan fingerprint density at radius 1 is 0.806 bits per heavy atom. The molecule has 0 saturated heterocycles. The fourth-order valence-electron chi connectivity index (χ4n) is 3.08. The number of hydrogen-bond donors (Lipinski definition) is 2. The van der Waals surface area contributed by atoms with Gasteiger partial charge < -0.3 is 15.4 Å². The lowest BCUT2D eigenvalue weighted by atomic mass is 10.2. The molecule has 1 aromatic heterocycles. The molecule has 31 heavy (non-hydrogen) atoms. The number of benzene rings is 3. The highest BCUT2D eigenvalue weighted by Gasteiger charge is 2.11. The quantitative estimate of drug-likeness (QED) is 0.415. The first-order valence-corrected chi connectivity index (χ1v) is 9.89. The molecule has 0 spiro atoms. The second kappa shape index (κ2) is 9.09. The lowest BCUT2D eigenvalue weighted by Crippen LogP contribution is -2.12. The maximum absolute atomic E-state index is 12.8. The first-order valence-electron chi connectivity index (χ1n) is 9.89. The van der Waals surface area contributed by atoms with Crippen LogP contribution in [0.15, 0.2) is 84.9 Å². The second-order valence-corrected chi connectivity index (χ2v) is 7.04. The van der Waals surface area contributed by atoms with E-state index in [1.54, 1.807) is 12.1 Å². The smallest absolute Gasteiger partial charge is 0.255 e. The van der Waals surface area contributed by atoms with Crippen molar-refractivity contribution in [3.05, 3.63) is 102 Å². The van der Waals surface area contributed by atoms with Crippen LogP contribution in [-0.2, 0) is 0 Å². The van der Waals surface area contributed by atoms with Gasteiger partial charge in [0.25, 0.3) is 5.91 Å². The fraction of sp³-hybridized carbons (Fsp3) is 0.0800. The molecule has 6 nitrogen and oxygen atoms in total. The minimum absolute atomic E-state index is 0.224. The van der Waals surface area contributed by atoms with Crippen molar-refractivity contribution in [1.29, 1.82) is 0 Å². The molecular weight excluding hydrogens is 388 g/mol. The molecule has 0 fully saturated rings. The van der Waals surface area contributed by atoms with Crippen molar-refractivity contribution in [3.8, 4) is 11.5 Å². The molecule has 6 heteroatoms. The number of carbonyl (C=O) groups excluding carboxylic acids is 1. The van der Waals surface area contributed by atoms with E-state index in [1.807, 2.05) is 86.6 Å². The highest BCUT2D eigenvalue weighted by molar-refractivity contribution is 6.05. The molecular formula is C25H22N4O2. The number of para-hydroxylation sites is 3. The van der Waals surface area contributed by atoms with Crippen molar-refractivity contribution >= 4 is 23.2 Å². The van der Waals surface area contributed by atoms with Gasteiger partial charge in [-0.15, -0.1) is 0 Å². The number of amides is 1. The summed E-state index contributed by atoms with van der Waals surface area (Å²) in [4.78, 5) is 21.5. The molecule has 3 aromatic carbocycles. The van der Waals surface area contributed by atoms with Crippen LogP contribution in [0.1, 0.15) is 21.7 Å². The summed E-state index contributed by atoms with van der Waals surface area (Å²) in [7, 11) is 0. The standard InChI is InChI=1S/C25H22N4O2/c1-17-16-18(2)27-25(26-17)28-20-14-12-19(13-15-20)24(30)29-22-10-6-7-11-23(22)31-21-8-4-3-5-9-21/h3-16H,1-2H3,(H,29,30)(H,26,27,28). The second-order valence-electron chi connectivity index (χ2n) is 7.04. The van der Waals surface area contributed by atoms with E-state index in [0.29, 0.717) is 28.7 Å². The number of aryl methyl sites for hydroxylation is 2. The van der Waals surface area contributed by atoms with E-state index in [-0.39, 0.29) is 5.91 Å². The Labute approximate surface area is 181 Å². The summed E-state index contributed by atoms with van der Waals surface area (Å²) in [6.45, 7) is 3.85. The number of nitrogens with one attached hydrogen (secondary N) is 2. The molecule has 2 N–H and O–H groups in total. The summed E-state index contributed by atoms with van der Waals surface area (Å²) in [6.07, 6.45) is 0. The van der Waals surface area contributed by atoms with Crippen molar-refractivity contribution < 1.29 is 9.53 Å². The molecule has 0 aliphatic heterocycles. The van der Waals surface area contributed by atoms with E-state index in [1.165, 1.54) is 0 Å². The molecule has 154 valence electrons. The number of anilines is 3. The third kappa shape index (κ3) is 5.25. The van der Waals surface area contributed by atoms with Gasteiger partial charge in [0.2, 0.25) is 5.95 Å². The van der Waals surface area contributed by atoms with E-state index < -0.39 is 0 Å². The molecule has 0 radical (unpaired) electrons. The molecule has 1 amide bonds. The Bertz CT molecular complexity index is 1170. The minimum atomic E-state index is -0.224. The number of carbonyl (C=O) groups is 1. The first-order chi connectivity index (χ1) is 15.1. The SMILES string of the molecule is Cc1cc(C)nc(Nc2ccc(C(=O)Nc3ccccc3Oc3ccccc3)cc2)n1. The maximum Gasteiger partial charge on any atom is 0.255 e. The molecule has 0 unspecified atom stereocenters. The Morgan fingerprint density at radius 3 is 2.16 bits per heavy atom. The number of hydrogen-bond acceptors (Lipinski definition) is 5. The molecule has 4 aromatic rings. The number of aromatic nitrogens is 2. The van der Waals surface area contributed by atoms with Gasteiger partial charge in [-0.05, 0) is 68.4 Å². The zero-order chi connectivity index (χ0) is 21.6. The van der Waals surface area contributed by atoms with E-state index in [0.717, 1.165) is 17.1 Å². The zero-order valence-corrected chi connectivity index (χ0v) is 17.3. The van der Waals surface area contributed by atoms with Gasteiger partial charge in [-0.3, -0.25) is 4.79 Å². The number of ether oxygens (including phenoxy) is 1. The average molecular weight is 410 g/mol. The Morgan fingerprint density at radius 2 is 1.45 bits per heavy atom. The Hall–Kier alpha value is -4.19. The van der Waals surface area contributed by atoms with Crippen molar-refractivity contribution in [1.82, 2.24) is 9.97 Å². The van der Waals surface area contributed by atoms with Crippen molar-refractivity contribution in [2.45, 2.75) is 13.8 Å². The predicted octanol–water partition coefficient (Wildman–Crippen LogP) is 5.88. The van der Waals surface area contributed by atoms with E-state index >= 15 is 0 Å². The monoisotopic (exact) mass is 410 g/mol. The zero-order valence-electron chi connectivity index (χ0n) is 17.3. The van der Waals surface area contributed by atoms with Crippen molar-refractivity contribution in [2.75, 3.05) is 10.6 Å². The summed E-state index contributed by atoms with van der Waals surface area (Å²) in [5.41, 5.74) is 3.71. The highest BCUT2D eigenvalue weighted by Crippen LogP contribution is 2.29. The molecule has 0 bridgehead atoms. The van der Waals surface area contributed by atoms with Crippen LogP contribution in [-0.4, -0.2) is 15.9 Å². The molecule has 0 saturated carbocycles. The van der Waals surface area contributed by atoms with Crippen molar-refractivity contribution in [3.63, 3.8) is 0 Å². The van der Waals surface area contributed by atoms with Crippen LogP contribution in [0.3, 0.4) is 0 Å². The topological polar surface area (TPSA) is 76.1 Å².